The zero-order chi connectivity index (χ0) is 27.8. The second kappa shape index (κ2) is 10.7. The van der Waals surface area contributed by atoms with Crippen LogP contribution in [0.3, 0.4) is 0 Å². The van der Waals surface area contributed by atoms with Gasteiger partial charge in [-0.2, -0.15) is 0 Å². The van der Waals surface area contributed by atoms with Crippen LogP contribution in [0.25, 0.3) is 11.0 Å². The van der Waals surface area contributed by atoms with Crippen molar-refractivity contribution in [1.82, 2.24) is 24.8 Å². The first-order chi connectivity index (χ1) is 18.9. The van der Waals surface area contributed by atoms with Crippen molar-refractivity contribution in [2.45, 2.75) is 69.9 Å². The fourth-order valence-corrected chi connectivity index (χ4v) is 6.95. The summed E-state index contributed by atoms with van der Waals surface area (Å²) in [6, 6.07) is 6.58. The molecule has 5 rings (SSSR count). The number of aliphatic hydroxyl groups is 1. The highest BCUT2D eigenvalue weighted by atomic mass is 16.6. The Morgan fingerprint density at radius 2 is 2.08 bits per heavy atom. The second-order valence-corrected chi connectivity index (χ2v) is 10.6. The van der Waals surface area contributed by atoms with Gasteiger partial charge in [0.1, 0.15) is 29.7 Å². The highest BCUT2D eigenvalue weighted by Gasteiger charge is 2.79. The fourth-order valence-electron chi connectivity index (χ4n) is 6.95. The molecule has 2 bridgehead atoms. The van der Waals surface area contributed by atoms with Gasteiger partial charge in [0.2, 0.25) is 11.8 Å². The van der Waals surface area contributed by atoms with E-state index in [0.717, 1.165) is 5.52 Å². The summed E-state index contributed by atoms with van der Waals surface area (Å²) in [5, 5.41) is 17.8. The molecule has 3 saturated heterocycles. The number of benzene rings is 1. The van der Waals surface area contributed by atoms with Crippen molar-refractivity contribution in [2.24, 2.45) is 11.8 Å². The number of hydrogen-bond acceptors (Lipinski definition) is 8. The van der Waals surface area contributed by atoms with E-state index in [9.17, 15) is 19.5 Å². The number of aliphatic hydroxyl groups excluding tert-OH is 1. The van der Waals surface area contributed by atoms with E-state index < -0.39 is 35.0 Å². The van der Waals surface area contributed by atoms with Crippen LogP contribution in [0.15, 0.2) is 36.9 Å². The lowest BCUT2D eigenvalue weighted by Gasteiger charge is -2.36. The monoisotopic (exact) mass is 539 g/mol. The summed E-state index contributed by atoms with van der Waals surface area (Å²) in [6.07, 6.45) is 4.25. The van der Waals surface area contributed by atoms with Gasteiger partial charge < -0.3 is 24.4 Å². The molecule has 0 radical (unpaired) electrons. The second-order valence-electron chi connectivity index (χ2n) is 10.6. The lowest BCUT2D eigenvalue weighted by atomic mass is 9.65. The maximum absolute atomic E-state index is 14.5. The van der Waals surface area contributed by atoms with Gasteiger partial charge >= 0.3 is 5.97 Å². The van der Waals surface area contributed by atoms with Crippen molar-refractivity contribution in [3.8, 4) is 0 Å². The fraction of sp³-hybridized carbons (Fsp3) is 0.607. The van der Waals surface area contributed by atoms with Crippen molar-refractivity contribution in [2.75, 3.05) is 26.3 Å². The highest BCUT2D eigenvalue weighted by Crippen LogP contribution is 2.64. The zero-order valence-corrected chi connectivity index (χ0v) is 22.6. The Balaban J connectivity index is 1.54. The number of amides is 2. The van der Waals surface area contributed by atoms with Gasteiger partial charge in [-0.25, -0.2) is 4.68 Å². The summed E-state index contributed by atoms with van der Waals surface area (Å²) in [5.74, 6) is -2.56. The van der Waals surface area contributed by atoms with E-state index in [0.29, 0.717) is 37.6 Å². The largest absolute Gasteiger partial charge is 0.466 e. The molecule has 2 aromatic rings. The number of likely N-dealkylation sites (tertiary alicyclic amines) is 1. The molecule has 3 aliphatic rings. The third kappa shape index (κ3) is 4.22. The van der Waals surface area contributed by atoms with Crippen LogP contribution in [0.2, 0.25) is 0 Å². The molecule has 1 aromatic heterocycles. The van der Waals surface area contributed by atoms with Crippen LogP contribution in [-0.2, 0) is 30.5 Å². The molecular weight excluding hydrogens is 502 g/mol. The van der Waals surface area contributed by atoms with Crippen LogP contribution in [0.5, 0.6) is 0 Å². The topological polar surface area (TPSA) is 127 Å². The molecule has 4 heterocycles. The maximum atomic E-state index is 14.5. The Morgan fingerprint density at radius 3 is 2.79 bits per heavy atom. The average Bonchev–Trinajstić information content (AvgIpc) is 3.66. The number of para-hydroxylation sites is 1. The number of esters is 1. The predicted molar refractivity (Wildman–Crippen MR) is 141 cm³/mol. The van der Waals surface area contributed by atoms with E-state index >= 15 is 0 Å². The number of carbonyl (C=O) groups excluding carboxylic acids is 3. The van der Waals surface area contributed by atoms with Gasteiger partial charge in [-0.05, 0) is 51.2 Å². The molecule has 1 aromatic carbocycles. The SMILES string of the molecule is C=CCN(Cn1nnc2ccccc21)C(=O)C1N(CCCCO)C(=O)[C@@H]2[C@H](C(=O)OCC)[C@]3(CC)CCC12O3. The minimum Gasteiger partial charge on any atom is -0.466 e. The Labute approximate surface area is 227 Å². The molecule has 11 heteroatoms. The minimum absolute atomic E-state index is 0.0158. The third-order valence-electron chi connectivity index (χ3n) is 8.65. The lowest BCUT2D eigenvalue weighted by Crippen LogP contribution is -2.56. The molecule has 2 amide bonds. The summed E-state index contributed by atoms with van der Waals surface area (Å²) >= 11 is 0. The maximum Gasteiger partial charge on any atom is 0.312 e. The van der Waals surface area contributed by atoms with Crippen LogP contribution in [-0.4, -0.2) is 91.2 Å². The Morgan fingerprint density at radius 1 is 1.28 bits per heavy atom. The van der Waals surface area contributed by atoms with E-state index in [1.54, 1.807) is 27.5 Å². The summed E-state index contributed by atoms with van der Waals surface area (Å²) in [5.41, 5.74) is -0.481. The van der Waals surface area contributed by atoms with Gasteiger partial charge in [-0.3, -0.25) is 14.4 Å². The Hall–Kier alpha value is -3.31. The third-order valence-corrected chi connectivity index (χ3v) is 8.65. The number of nitrogens with zero attached hydrogens (tertiary/aromatic N) is 5. The minimum atomic E-state index is -1.13. The van der Waals surface area contributed by atoms with E-state index in [2.05, 4.69) is 16.9 Å². The molecule has 1 N–H and O–H groups in total. The molecule has 5 atom stereocenters. The van der Waals surface area contributed by atoms with Crippen LogP contribution >= 0.6 is 0 Å². The normalized spacial score (nSPS) is 29.2. The number of aromatic nitrogens is 3. The van der Waals surface area contributed by atoms with Gasteiger partial charge in [0, 0.05) is 19.7 Å². The van der Waals surface area contributed by atoms with Crippen molar-refractivity contribution in [3.05, 3.63) is 36.9 Å². The smallest absolute Gasteiger partial charge is 0.312 e. The molecule has 3 aliphatic heterocycles. The zero-order valence-electron chi connectivity index (χ0n) is 22.6. The first-order valence-electron chi connectivity index (χ1n) is 13.8. The van der Waals surface area contributed by atoms with Gasteiger partial charge in [0.05, 0.1) is 23.6 Å². The molecule has 11 nitrogen and oxygen atoms in total. The van der Waals surface area contributed by atoms with E-state index in [4.69, 9.17) is 9.47 Å². The van der Waals surface area contributed by atoms with Gasteiger partial charge in [0.25, 0.3) is 0 Å². The summed E-state index contributed by atoms with van der Waals surface area (Å²) in [7, 11) is 0. The van der Waals surface area contributed by atoms with Crippen molar-refractivity contribution in [1.29, 1.82) is 0 Å². The number of fused-ring (bicyclic) bond motifs is 2. The molecule has 1 spiro atoms. The lowest BCUT2D eigenvalue weighted by molar-refractivity contribution is -0.162. The van der Waals surface area contributed by atoms with E-state index in [1.807, 2.05) is 31.2 Å². The Bertz CT molecular complexity index is 1260. The first kappa shape index (κ1) is 27.3. The van der Waals surface area contributed by atoms with Gasteiger partial charge in [-0.15, -0.1) is 11.7 Å². The van der Waals surface area contributed by atoms with Crippen LogP contribution in [0.1, 0.15) is 46.0 Å². The van der Waals surface area contributed by atoms with Crippen molar-refractivity contribution in [3.63, 3.8) is 0 Å². The van der Waals surface area contributed by atoms with Gasteiger partial charge in [0.15, 0.2) is 0 Å². The van der Waals surface area contributed by atoms with E-state index in [-0.39, 0.29) is 44.8 Å². The summed E-state index contributed by atoms with van der Waals surface area (Å²) in [4.78, 5) is 45.0. The number of hydrogen-bond donors (Lipinski definition) is 1. The molecule has 39 heavy (non-hydrogen) atoms. The number of carbonyl (C=O) groups is 3. The number of rotatable bonds is 12. The van der Waals surface area contributed by atoms with Gasteiger partial charge in [-0.1, -0.05) is 30.3 Å². The summed E-state index contributed by atoms with van der Waals surface area (Å²) in [6.45, 7) is 8.34. The average molecular weight is 540 g/mol. The Kier molecular flexibility index (Phi) is 7.47. The van der Waals surface area contributed by atoms with Crippen LogP contribution < -0.4 is 0 Å². The quantitative estimate of drug-likeness (QED) is 0.246. The molecule has 0 aliphatic carbocycles. The molecule has 0 saturated carbocycles. The highest BCUT2D eigenvalue weighted by molar-refractivity contribution is 5.98. The standard InChI is InChI=1S/C28H37N5O6/c1-4-15-31(18-33-20-12-8-7-11-19(20)29-30-33)25(36)23-28-14-13-27(5-2,39-28)22(26(37)38-6-3)21(28)24(35)32(23)16-9-10-17-34/h4,7-8,11-12,21-23,34H,1,5-6,9-10,13-18H2,2-3H3/t21-,22+,23?,27-,28?/m0/s1. The molecule has 2 unspecified atom stereocenters. The molecular formula is C28H37N5O6. The van der Waals surface area contributed by atoms with Crippen LogP contribution in [0, 0.1) is 11.8 Å². The first-order valence-corrected chi connectivity index (χ1v) is 13.8. The molecule has 3 fully saturated rings. The van der Waals surface area contributed by atoms with Crippen molar-refractivity contribution < 1.29 is 29.0 Å². The predicted octanol–water partition coefficient (Wildman–Crippen LogP) is 1.89. The molecule has 210 valence electrons. The van der Waals surface area contributed by atoms with E-state index in [1.165, 1.54) is 0 Å². The van der Waals surface area contributed by atoms with Crippen LogP contribution in [0.4, 0.5) is 0 Å². The van der Waals surface area contributed by atoms with Crippen molar-refractivity contribution >= 4 is 28.8 Å². The summed E-state index contributed by atoms with van der Waals surface area (Å²) < 4.78 is 13.8. The number of unbranched alkanes of at least 4 members (excludes halogenated alkanes) is 1. The number of ether oxygens (including phenoxy) is 2.